The number of urea groups is 1. The number of nitrogens with zero attached hydrogens (tertiary/aromatic N) is 3. The van der Waals surface area contributed by atoms with E-state index in [0.717, 1.165) is 32.6 Å². The van der Waals surface area contributed by atoms with Crippen molar-refractivity contribution in [2.45, 2.75) is 13.5 Å². The van der Waals surface area contributed by atoms with Crippen molar-refractivity contribution in [3.8, 4) is 20.5 Å². The summed E-state index contributed by atoms with van der Waals surface area (Å²) in [6.45, 7) is 2.08. The second-order valence-electron chi connectivity index (χ2n) is 6.70. The molecule has 3 heterocycles. The quantitative estimate of drug-likeness (QED) is 0.432. The first-order valence-corrected chi connectivity index (χ1v) is 11.2. The van der Waals surface area contributed by atoms with Crippen LogP contribution in [0.15, 0.2) is 52.6 Å². The van der Waals surface area contributed by atoms with E-state index >= 15 is 0 Å². The van der Waals surface area contributed by atoms with Crippen molar-refractivity contribution in [3.63, 3.8) is 0 Å². The van der Waals surface area contributed by atoms with Crippen LogP contribution < -0.4 is 16.2 Å². The van der Waals surface area contributed by atoms with Gasteiger partial charge in [0, 0.05) is 18.7 Å². The van der Waals surface area contributed by atoms with Gasteiger partial charge in [0.05, 0.1) is 27.7 Å². The summed E-state index contributed by atoms with van der Waals surface area (Å²) >= 11 is 3.10. The van der Waals surface area contributed by atoms with E-state index < -0.39 is 17.7 Å². The molecule has 0 saturated heterocycles. The monoisotopic (exact) mass is 473 g/mol. The van der Waals surface area contributed by atoms with Gasteiger partial charge in [-0.2, -0.15) is 5.10 Å². The molecule has 0 radical (unpaired) electrons. The molecule has 0 atom stereocenters. The third kappa shape index (κ3) is 4.89. The van der Waals surface area contributed by atoms with Gasteiger partial charge in [-0.3, -0.25) is 4.79 Å². The van der Waals surface area contributed by atoms with Crippen molar-refractivity contribution in [3.05, 3.63) is 75.5 Å². The molecule has 2 N–H and O–H groups in total. The zero-order chi connectivity index (χ0) is 22.7. The lowest BCUT2D eigenvalue weighted by Gasteiger charge is -2.10. The third-order valence-corrected chi connectivity index (χ3v) is 6.64. The average molecular weight is 474 g/mol. The van der Waals surface area contributed by atoms with Crippen molar-refractivity contribution < 1.29 is 13.6 Å². The highest BCUT2D eigenvalue weighted by molar-refractivity contribution is 7.23. The number of thiazole rings is 1. The molecule has 0 aliphatic carbocycles. The first-order chi connectivity index (χ1) is 15.4. The van der Waals surface area contributed by atoms with Gasteiger partial charge in [0.2, 0.25) is 0 Å². The Balaban J connectivity index is 1.42. The molecule has 0 spiro atoms. The molecule has 1 aromatic carbocycles. The van der Waals surface area contributed by atoms with Crippen molar-refractivity contribution >= 4 is 34.4 Å². The van der Waals surface area contributed by atoms with E-state index in [2.05, 4.69) is 20.7 Å². The van der Waals surface area contributed by atoms with Gasteiger partial charge in [0.25, 0.3) is 5.56 Å². The van der Waals surface area contributed by atoms with Crippen LogP contribution in [0.2, 0.25) is 0 Å². The predicted octanol–water partition coefficient (Wildman–Crippen LogP) is 4.50. The number of aromatic nitrogens is 3. The molecule has 2 amide bonds. The molecule has 7 nitrogen and oxygen atoms in total. The van der Waals surface area contributed by atoms with Gasteiger partial charge in [0.15, 0.2) is 0 Å². The Morgan fingerprint density at radius 3 is 2.78 bits per heavy atom. The highest BCUT2D eigenvalue weighted by Crippen LogP contribution is 2.35. The number of carbonyl (C=O) groups excluding carboxylic acids is 1. The minimum absolute atomic E-state index is 0.0765. The number of halogens is 2. The summed E-state index contributed by atoms with van der Waals surface area (Å²) in [5.74, 6) is -1.62. The number of thiophene rings is 1. The number of hydrogen-bond acceptors (Lipinski definition) is 6. The van der Waals surface area contributed by atoms with Crippen LogP contribution in [0.25, 0.3) is 20.5 Å². The highest BCUT2D eigenvalue weighted by Gasteiger charge is 2.14. The first-order valence-electron chi connectivity index (χ1n) is 9.50. The van der Waals surface area contributed by atoms with Crippen LogP contribution in [0.5, 0.6) is 0 Å². The van der Waals surface area contributed by atoms with Gasteiger partial charge in [-0.05, 0) is 36.6 Å². The van der Waals surface area contributed by atoms with Gasteiger partial charge < -0.3 is 10.6 Å². The van der Waals surface area contributed by atoms with E-state index in [1.807, 2.05) is 24.4 Å². The summed E-state index contributed by atoms with van der Waals surface area (Å²) in [6.07, 6.45) is 0. The third-order valence-electron chi connectivity index (χ3n) is 4.42. The topological polar surface area (TPSA) is 88.9 Å². The van der Waals surface area contributed by atoms with Crippen LogP contribution in [0.1, 0.15) is 5.69 Å². The second-order valence-corrected chi connectivity index (χ2v) is 8.64. The number of hydrogen-bond donors (Lipinski definition) is 2. The van der Waals surface area contributed by atoms with Gasteiger partial charge in [-0.15, -0.1) is 22.7 Å². The molecule has 0 saturated carbocycles. The van der Waals surface area contributed by atoms with Gasteiger partial charge >= 0.3 is 6.03 Å². The Labute approximate surface area is 189 Å². The fourth-order valence-electron chi connectivity index (χ4n) is 2.90. The number of anilines is 1. The van der Waals surface area contributed by atoms with Gasteiger partial charge in [-0.1, -0.05) is 6.07 Å². The second kappa shape index (κ2) is 9.37. The van der Waals surface area contributed by atoms with E-state index in [4.69, 9.17) is 0 Å². The molecule has 4 aromatic rings. The molecule has 0 aliphatic rings. The lowest BCUT2D eigenvalue weighted by Crippen LogP contribution is -2.34. The summed E-state index contributed by atoms with van der Waals surface area (Å²) in [5.41, 5.74) is 0.958. The van der Waals surface area contributed by atoms with Gasteiger partial charge in [-0.25, -0.2) is 23.2 Å². The largest absolute Gasteiger partial charge is 0.336 e. The van der Waals surface area contributed by atoms with Gasteiger partial charge in [0.1, 0.15) is 22.3 Å². The maximum atomic E-state index is 13.6. The molecule has 0 bridgehead atoms. The smallest absolute Gasteiger partial charge is 0.319 e. The average Bonchev–Trinajstić information content (AvgIpc) is 3.41. The lowest BCUT2D eigenvalue weighted by molar-refractivity contribution is 0.251. The molecular formula is C21H17F2N5O2S2. The molecular weight excluding hydrogens is 456 g/mol. The summed E-state index contributed by atoms with van der Waals surface area (Å²) in [7, 11) is 0. The number of carbonyl (C=O) groups is 1. The van der Waals surface area contributed by atoms with Crippen molar-refractivity contribution in [1.29, 1.82) is 0 Å². The molecule has 0 fully saturated rings. The van der Waals surface area contributed by atoms with Crippen LogP contribution in [0.3, 0.4) is 0 Å². The normalized spacial score (nSPS) is 10.8. The summed E-state index contributed by atoms with van der Waals surface area (Å²) in [6, 6.07) is 9.18. The Kier molecular flexibility index (Phi) is 6.37. The Morgan fingerprint density at radius 1 is 1.19 bits per heavy atom. The minimum Gasteiger partial charge on any atom is -0.336 e. The number of nitrogens with one attached hydrogen (secondary N) is 2. The predicted molar refractivity (Wildman–Crippen MR) is 121 cm³/mol. The van der Waals surface area contributed by atoms with Crippen LogP contribution in [-0.4, -0.2) is 27.3 Å². The Hall–Kier alpha value is -3.44. The molecule has 4 rings (SSSR count). The van der Waals surface area contributed by atoms with E-state index in [-0.39, 0.29) is 24.3 Å². The molecule has 0 unspecified atom stereocenters. The standard InChI is InChI=1S/C21H17F2N5O2S2/c1-12-19(32-20(25-12)17-3-2-10-31-17)16-6-7-18(29)28(27-16)9-8-24-21(30)26-15-5-4-13(22)11-14(15)23/h2-7,10-11H,8-9H2,1H3,(H2,24,26,30). The maximum absolute atomic E-state index is 13.6. The number of rotatable bonds is 6. The fourth-order valence-corrected chi connectivity index (χ4v) is 4.73. The van der Waals surface area contributed by atoms with E-state index in [9.17, 15) is 18.4 Å². The number of benzene rings is 1. The minimum atomic E-state index is -0.882. The molecule has 0 aliphatic heterocycles. The first kappa shape index (κ1) is 21.8. The maximum Gasteiger partial charge on any atom is 0.319 e. The Bertz CT molecular complexity index is 1320. The molecule has 164 valence electrons. The lowest BCUT2D eigenvalue weighted by atomic mass is 10.3. The van der Waals surface area contributed by atoms with Crippen molar-refractivity contribution in [2.24, 2.45) is 0 Å². The summed E-state index contributed by atoms with van der Waals surface area (Å²) in [5, 5.41) is 12.1. The molecule has 32 heavy (non-hydrogen) atoms. The zero-order valence-corrected chi connectivity index (χ0v) is 18.4. The van der Waals surface area contributed by atoms with Crippen LogP contribution in [-0.2, 0) is 6.54 Å². The van der Waals surface area contributed by atoms with Crippen LogP contribution in [0, 0.1) is 18.6 Å². The van der Waals surface area contributed by atoms with E-state index in [1.165, 1.54) is 22.1 Å². The van der Waals surface area contributed by atoms with Crippen LogP contribution >= 0.6 is 22.7 Å². The Morgan fingerprint density at radius 2 is 2.03 bits per heavy atom. The summed E-state index contributed by atoms with van der Waals surface area (Å²) in [4.78, 5) is 30.7. The number of amides is 2. The summed E-state index contributed by atoms with van der Waals surface area (Å²) < 4.78 is 27.8. The van der Waals surface area contributed by atoms with Crippen molar-refractivity contribution in [2.75, 3.05) is 11.9 Å². The van der Waals surface area contributed by atoms with E-state index in [0.29, 0.717) is 11.8 Å². The van der Waals surface area contributed by atoms with E-state index in [1.54, 1.807) is 17.4 Å². The number of aryl methyl sites for hydroxylation is 1. The SMILES string of the molecule is Cc1nc(-c2cccs2)sc1-c1ccc(=O)n(CCNC(=O)Nc2ccc(F)cc2F)n1. The molecule has 3 aromatic heterocycles. The molecule has 11 heteroatoms. The van der Waals surface area contributed by atoms with Crippen molar-refractivity contribution in [1.82, 2.24) is 20.1 Å². The highest BCUT2D eigenvalue weighted by atomic mass is 32.1. The zero-order valence-electron chi connectivity index (χ0n) is 16.8. The van der Waals surface area contributed by atoms with Crippen LogP contribution in [0.4, 0.5) is 19.3 Å². The fraction of sp³-hybridized carbons (Fsp3) is 0.143.